The number of nitrogens with one attached hydrogen (secondary N) is 1. The summed E-state index contributed by atoms with van der Waals surface area (Å²) in [5.74, 6) is 1.64. The second kappa shape index (κ2) is 8.91. The maximum absolute atomic E-state index is 12.5. The van der Waals surface area contributed by atoms with Gasteiger partial charge >= 0.3 is 0 Å². The summed E-state index contributed by atoms with van der Waals surface area (Å²) in [4.78, 5) is 12.5. The Balaban J connectivity index is 1.36. The van der Waals surface area contributed by atoms with Crippen LogP contribution >= 0.6 is 45.2 Å². The van der Waals surface area contributed by atoms with Crippen LogP contribution in [0.3, 0.4) is 0 Å². The molecule has 3 atom stereocenters. The van der Waals surface area contributed by atoms with Gasteiger partial charge in [-0.3, -0.25) is 4.79 Å². The van der Waals surface area contributed by atoms with Crippen molar-refractivity contribution in [2.75, 3.05) is 0 Å². The lowest BCUT2D eigenvalue weighted by molar-refractivity contribution is -0.123. The molecule has 0 spiro atoms. The van der Waals surface area contributed by atoms with Gasteiger partial charge in [-0.25, -0.2) is 5.43 Å². The number of benzene rings is 2. The van der Waals surface area contributed by atoms with Crippen molar-refractivity contribution in [2.24, 2.45) is 22.4 Å². The molecule has 0 aliphatic heterocycles. The predicted octanol–water partition coefficient (Wildman–Crippen LogP) is 5.75. The van der Waals surface area contributed by atoms with E-state index in [9.17, 15) is 4.79 Å². The first kappa shape index (κ1) is 21.1. The molecular weight excluding hydrogens is 590 g/mol. The Bertz CT molecular complexity index is 909. The first-order chi connectivity index (χ1) is 14.0. The Morgan fingerprint density at radius 1 is 1.24 bits per heavy atom. The Hall–Kier alpha value is -1.16. The van der Waals surface area contributed by atoms with Crippen LogP contribution in [0.2, 0.25) is 0 Å². The highest BCUT2D eigenvalue weighted by Gasteiger charge is 2.64. The lowest BCUT2D eigenvalue weighted by Crippen LogP contribution is -2.22. The second-order valence-corrected chi connectivity index (χ2v) is 10.5. The van der Waals surface area contributed by atoms with Crippen LogP contribution in [-0.2, 0) is 11.4 Å². The SMILES string of the molecule is C[C@]12CCCC[C@@H]1[C@@H]2C(=O)N/N=C\c1cc(I)c(OCc2ccccc2)c(I)c1. The van der Waals surface area contributed by atoms with Crippen LogP contribution in [0.25, 0.3) is 0 Å². The van der Waals surface area contributed by atoms with E-state index in [-0.39, 0.29) is 17.2 Å². The molecule has 2 aliphatic carbocycles. The number of ether oxygens (including phenoxy) is 1. The van der Waals surface area contributed by atoms with E-state index in [4.69, 9.17) is 4.74 Å². The van der Waals surface area contributed by atoms with Crippen LogP contribution in [-0.4, -0.2) is 12.1 Å². The fourth-order valence-electron chi connectivity index (χ4n) is 4.61. The minimum Gasteiger partial charge on any atom is -0.487 e. The van der Waals surface area contributed by atoms with E-state index in [0.29, 0.717) is 12.5 Å². The van der Waals surface area contributed by atoms with Crippen LogP contribution < -0.4 is 10.2 Å². The van der Waals surface area contributed by atoms with E-state index in [2.05, 4.69) is 74.8 Å². The minimum absolute atomic E-state index is 0.0721. The number of amides is 1. The maximum atomic E-state index is 12.5. The van der Waals surface area contributed by atoms with Crippen LogP contribution in [0.4, 0.5) is 0 Å². The minimum atomic E-state index is 0.0721. The average molecular weight is 614 g/mol. The molecule has 29 heavy (non-hydrogen) atoms. The van der Waals surface area contributed by atoms with E-state index in [1.165, 1.54) is 25.7 Å². The van der Waals surface area contributed by atoms with Gasteiger partial charge in [-0.05, 0) is 92.6 Å². The topological polar surface area (TPSA) is 50.7 Å². The number of hydrogen-bond donors (Lipinski definition) is 1. The standard InChI is InChI=1S/C23H24I2N2O2/c1-23-10-6-5-9-17(23)20(23)22(28)27-26-13-16-11-18(24)21(19(25)12-16)29-14-15-7-3-2-4-8-15/h2-4,7-8,11-13,17,20H,5-6,9-10,14H2,1H3,(H,27,28)/b26-13-/t17-,20-,23+/m1/s1. The quantitative estimate of drug-likeness (QED) is 0.256. The van der Waals surface area contributed by atoms with E-state index in [1.54, 1.807) is 6.21 Å². The molecule has 2 fully saturated rings. The van der Waals surface area contributed by atoms with Gasteiger partial charge in [0.25, 0.3) is 0 Å². The van der Waals surface area contributed by atoms with E-state index in [1.807, 2.05) is 30.3 Å². The highest BCUT2D eigenvalue weighted by Crippen LogP contribution is 2.66. The van der Waals surface area contributed by atoms with Gasteiger partial charge in [0.15, 0.2) is 0 Å². The molecule has 2 aromatic rings. The zero-order valence-corrected chi connectivity index (χ0v) is 20.6. The van der Waals surface area contributed by atoms with Crippen LogP contribution in [0, 0.1) is 24.4 Å². The predicted molar refractivity (Wildman–Crippen MR) is 132 cm³/mol. The molecule has 0 saturated heterocycles. The summed E-state index contributed by atoms with van der Waals surface area (Å²) < 4.78 is 8.08. The molecule has 0 radical (unpaired) electrons. The lowest BCUT2D eigenvalue weighted by atomic mass is 9.90. The fraction of sp³-hybridized carbons (Fsp3) is 0.391. The normalized spacial score (nSPS) is 25.5. The number of hydrogen-bond acceptors (Lipinski definition) is 3. The summed E-state index contributed by atoms with van der Waals surface area (Å²) in [5.41, 5.74) is 5.07. The molecule has 0 bridgehead atoms. The van der Waals surface area contributed by atoms with Crippen molar-refractivity contribution in [3.63, 3.8) is 0 Å². The summed E-state index contributed by atoms with van der Waals surface area (Å²) >= 11 is 4.57. The van der Waals surface area contributed by atoms with Gasteiger partial charge in [-0.2, -0.15) is 5.10 Å². The molecule has 0 aromatic heterocycles. The van der Waals surface area contributed by atoms with Gasteiger partial charge in [0, 0.05) is 5.92 Å². The molecule has 4 rings (SSSR count). The number of halogens is 2. The largest absolute Gasteiger partial charge is 0.487 e. The Kier molecular flexibility index (Phi) is 6.48. The molecule has 2 saturated carbocycles. The number of fused-ring (bicyclic) bond motifs is 1. The first-order valence-electron chi connectivity index (χ1n) is 9.98. The molecule has 152 valence electrons. The van der Waals surface area contributed by atoms with Crippen LogP contribution in [0.15, 0.2) is 47.6 Å². The molecule has 2 aromatic carbocycles. The smallest absolute Gasteiger partial charge is 0.244 e. The third kappa shape index (κ3) is 4.62. The van der Waals surface area contributed by atoms with Crippen molar-refractivity contribution in [3.8, 4) is 5.75 Å². The summed E-state index contributed by atoms with van der Waals surface area (Å²) in [6.45, 7) is 2.79. The summed E-state index contributed by atoms with van der Waals surface area (Å²) in [5, 5.41) is 4.23. The number of carbonyl (C=O) groups is 1. The molecule has 1 amide bonds. The zero-order valence-electron chi connectivity index (χ0n) is 16.3. The van der Waals surface area contributed by atoms with Gasteiger partial charge in [0.05, 0.1) is 13.4 Å². The van der Waals surface area contributed by atoms with Crippen molar-refractivity contribution >= 4 is 57.3 Å². The fourth-order valence-corrected chi connectivity index (χ4v) is 6.74. The van der Waals surface area contributed by atoms with Crippen molar-refractivity contribution in [3.05, 3.63) is 60.7 Å². The van der Waals surface area contributed by atoms with Crippen molar-refractivity contribution in [1.82, 2.24) is 5.43 Å². The van der Waals surface area contributed by atoms with Gasteiger partial charge in [0.2, 0.25) is 5.91 Å². The van der Waals surface area contributed by atoms with E-state index in [0.717, 1.165) is 24.0 Å². The molecular formula is C23H24I2N2O2. The van der Waals surface area contributed by atoms with Gasteiger partial charge in [-0.15, -0.1) is 0 Å². The summed E-state index contributed by atoms with van der Waals surface area (Å²) in [6, 6.07) is 14.2. The summed E-state index contributed by atoms with van der Waals surface area (Å²) in [6.07, 6.45) is 6.56. The third-order valence-electron chi connectivity index (χ3n) is 6.25. The molecule has 2 aliphatic rings. The Labute approximate surface area is 199 Å². The molecule has 1 N–H and O–H groups in total. The Morgan fingerprint density at radius 2 is 1.97 bits per heavy atom. The monoisotopic (exact) mass is 614 g/mol. The average Bonchev–Trinajstić information content (AvgIpc) is 3.33. The molecule has 0 unspecified atom stereocenters. The highest BCUT2D eigenvalue weighted by molar-refractivity contribution is 14.1. The summed E-state index contributed by atoms with van der Waals surface area (Å²) in [7, 11) is 0. The van der Waals surface area contributed by atoms with E-state index >= 15 is 0 Å². The second-order valence-electron chi connectivity index (χ2n) is 8.16. The number of carbonyl (C=O) groups excluding carboxylic acids is 1. The van der Waals surface area contributed by atoms with Gasteiger partial charge < -0.3 is 4.74 Å². The number of nitrogens with zero attached hydrogens (tertiary/aromatic N) is 1. The first-order valence-corrected chi connectivity index (χ1v) is 12.1. The molecule has 6 heteroatoms. The maximum Gasteiger partial charge on any atom is 0.244 e. The van der Waals surface area contributed by atoms with Crippen molar-refractivity contribution < 1.29 is 9.53 Å². The van der Waals surface area contributed by atoms with Gasteiger partial charge in [-0.1, -0.05) is 50.1 Å². The van der Waals surface area contributed by atoms with Gasteiger partial charge in [0.1, 0.15) is 12.4 Å². The molecule has 4 nitrogen and oxygen atoms in total. The van der Waals surface area contributed by atoms with Crippen molar-refractivity contribution in [2.45, 2.75) is 39.2 Å². The van der Waals surface area contributed by atoms with Crippen LogP contribution in [0.1, 0.15) is 43.7 Å². The third-order valence-corrected chi connectivity index (χ3v) is 7.85. The highest BCUT2D eigenvalue weighted by atomic mass is 127. The number of hydrazone groups is 1. The molecule has 0 heterocycles. The van der Waals surface area contributed by atoms with Crippen molar-refractivity contribution in [1.29, 1.82) is 0 Å². The Morgan fingerprint density at radius 3 is 2.62 bits per heavy atom. The van der Waals surface area contributed by atoms with E-state index < -0.39 is 0 Å². The lowest BCUT2D eigenvalue weighted by Gasteiger charge is -2.15. The van der Waals surface area contributed by atoms with Crippen LogP contribution in [0.5, 0.6) is 5.75 Å². The zero-order chi connectivity index (χ0) is 20.4. The number of rotatable bonds is 6.